The number of methoxy groups -OCH3 is 1. The van der Waals surface area contributed by atoms with Gasteiger partial charge < -0.3 is 20.5 Å². The summed E-state index contributed by atoms with van der Waals surface area (Å²) in [5.74, 6) is 0.738. The number of hydrogen-bond donors (Lipinski definition) is 2. The molecule has 0 unspecified atom stereocenters. The highest BCUT2D eigenvalue weighted by molar-refractivity contribution is 14.0. The van der Waals surface area contributed by atoms with E-state index in [1.165, 1.54) is 13.2 Å². The van der Waals surface area contributed by atoms with E-state index in [-0.39, 0.29) is 42.2 Å². The van der Waals surface area contributed by atoms with Crippen molar-refractivity contribution in [3.63, 3.8) is 0 Å². The number of benzene rings is 2. The molecule has 0 aromatic heterocycles. The van der Waals surface area contributed by atoms with Crippen molar-refractivity contribution >= 4 is 35.6 Å². The second kappa shape index (κ2) is 10.1. The van der Waals surface area contributed by atoms with Crippen molar-refractivity contribution < 1.29 is 18.3 Å². The zero-order chi connectivity index (χ0) is 18.4. The molecule has 0 aliphatic heterocycles. The number of nitrogens with zero attached hydrogens (tertiary/aromatic N) is 1. The number of nitrogens with one attached hydrogen (secondary N) is 1. The third kappa shape index (κ3) is 6.66. The molecule has 0 bridgehead atoms. The molecule has 2 aromatic rings. The number of halogens is 3. The molecule has 0 heterocycles. The molecule has 8 heteroatoms. The lowest BCUT2D eigenvalue weighted by molar-refractivity contribution is -0.0504. The first-order valence-electron chi connectivity index (χ1n) is 7.64. The van der Waals surface area contributed by atoms with E-state index in [4.69, 9.17) is 10.5 Å². The number of rotatable bonds is 6. The molecule has 0 saturated heterocycles. The summed E-state index contributed by atoms with van der Waals surface area (Å²) >= 11 is 0. The Labute approximate surface area is 168 Å². The van der Waals surface area contributed by atoms with Gasteiger partial charge in [0, 0.05) is 11.3 Å². The molecule has 0 saturated carbocycles. The Hall–Kier alpha value is -2.10. The van der Waals surface area contributed by atoms with Crippen LogP contribution in [-0.4, -0.2) is 19.7 Å². The largest absolute Gasteiger partial charge is 0.497 e. The van der Waals surface area contributed by atoms with Crippen molar-refractivity contribution in [2.45, 2.75) is 27.0 Å². The third-order valence-electron chi connectivity index (χ3n) is 3.40. The topological polar surface area (TPSA) is 68.9 Å². The molecule has 0 amide bonds. The predicted octanol–water partition coefficient (Wildman–Crippen LogP) is 4.46. The van der Waals surface area contributed by atoms with Gasteiger partial charge in [-0.1, -0.05) is 6.07 Å². The van der Waals surface area contributed by atoms with Crippen molar-refractivity contribution in [1.29, 1.82) is 0 Å². The molecule has 2 rings (SSSR count). The number of alkyl halides is 2. The summed E-state index contributed by atoms with van der Waals surface area (Å²) in [6.45, 7) is 1.12. The summed E-state index contributed by atoms with van der Waals surface area (Å²) in [4.78, 5) is 4.20. The first-order chi connectivity index (χ1) is 11.9. The Balaban J connectivity index is 0.00000338. The van der Waals surface area contributed by atoms with Crippen molar-refractivity contribution in [3.05, 3.63) is 53.1 Å². The van der Waals surface area contributed by atoms with E-state index < -0.39 is 6.61 Å². The summed E-state index contributed by atoms with van der Waals surface area (Å²) in [5, 5.41) is 2.99. The quantitative estimate of drug-likeness (QED) is 0.367. The van der Waals surface area contributed by atoms with Crippen molar-refractivity contribution in [1.82, 2.24) is 0 Å². The highest BCUT2D eigenvalue weighted by Crippen LogP contribution is 2.26. The van der Waals surface area contributed by atoms with Gasteiger partial charge in [0.25, 0.3) is 0 Å². The van der Waals surface area contributed by atoms with Gasteiger partial charge >= 0.3 is 6.61 Å². The van der Waals surface area contributed by atoms with Crippen LogP contribution in [0.2, 0.25) is 0 Å². The van der Waals surface area contributed by atoms with E-state index in [9.17, 15) is 8.78 Å². The minimum atomic E-state index is -2.91. The number of hydrogen-bond acceptors (Lipinski definition) is 3. The Kier molecular flexibility index (Phi) is 8.56. The van der Waals surface area contributed by atoms with Crippen molar-refractivity contribution in [3.8, 4) is 11.5 Å². The Morgan fingerprint density at radius 2 is 1.81 bits per heavy atom. The van der Waals surface area contributed by atoms with Crippen LogP contribution in [0.1, 0.15) is 16.7 Å². The molecule has 0 radical (unpaired) electrons. The predicted molar refractivity (Wildman–Crippen MR) is 110 cm³/mol. The van der Waals surface area contributed by atoms with Crippen LogP contribution in [0.25, 0.3) is 0 Å². The second-order valence-electron chi connectivity index (χ2n) is 5.56. The first kappa shape index (κ1) is 21.9. The van der Waals surface area contributed by atoms with Gasteiger partial charge in [0.15, 0.2) is 5.96 Å². The Morgan fingerprint density at radius 1 is 1.15 bits per heavy atom. The van der Waals surface area contributed by atoms with Crippen LogP contribution in [0.4, 0.5) is 14.5 Å². The molecule has 0 aliphatic carbocycles. The Bertz CT molecular complexity index is 750. The van der Waals surface area contributed by atoms with Gasteiger partial charge in [-0.2, -0.15) is 8.78 Å². The first-order valence-corrected chi connectivity index (χ1v) is 7.64. The van der Waals surface area contributed by atoms with Gasteiger partial charge in [0.2, 0.25) is 0 Å². The van der Waals surface area contributed by atoms with E-state index in [2.05, 4.69) is 15.0 Å². The smallest absolute Gasteiger partial charge is 0.387 e. The number of aryl methyl sites for hydroxylation is 2. The lowest BCUT2D eigenvalue weighted by Gasteiger charge is -2.12. The van der Waals surface area contributed by atoms with Crippen LogP contribution in [0, 0.1) is 13.8 Å². The van der Waals surface area contributed by atoms with E-state index in [1.807, 2.05) is 32.0 Å². The zero-order valence-corrected chi connectivity index (χ0v) is 17.1. The minimum absolute atomic E-state index is 0. The number of nitrogens with two attached hydrogens (primary N) is 1. The molecule has 3 N–H and O–H groups in total. The van der Waals surface area contributed by atoms with Gasteiger partial charge in [0.05, 0.1) is 13.7 Å². The molecule has 2 aromatic carbocycles. The standard InChI is InChI=1S/C18H21F2N3O2.HI/c1-11-6-12(2)8-14(7-11)23-18(21)22-10-13-9-15(24-3)4-5-16(13)25-17(19)20;/h4-9,17H,10H2,1-3H3,(H3,21,22,23);1H. The monoisotopic (exact) mass is 477 g/mol. The molecule has 0 aliphatic rings. The zero-order valence-electron chi connectivity index (χ0n) is 14.8. The maximum atomic E-state index is 12.5. The minimum Gasteiger partial charge on any atom is -0.497 e. The number of guanidine groups is 1. The van der Waals surface area contributed by atoms with E-state index >= 15 is 0 Å². The fourth-order valence-electron chi connectivity index (χ4n) is 2.42. The third-order valence-corrected chi connectivity index (χ3v) is 3.40. The maximum absolute atomic E-state index is 12.5. The molecule has 0 spiro atoms. The molecular weight excluding hydrogens is 455 g/mol. The van der Waals surface area contributed by atoms with Gasteiger partial charge in [-0.3, -0.25) is 0 Å². The van der Waals surface area contributed by atoms with Crippen LogP contribution >= 0.6 is 24.0 Å². The van der Waals surface area contributed by atoms with Crippen LogP contribution in [0.5, 0.6) is 11.5 Å². The van der Waals surface area contributed by atoms with Crippen LogP contribution in [0.3, 0.4) is 0 Å². The second-order valence-corrected chi connectivity index (χ2v) is 5.56. The van der Waals surface area contributed by atoms with Crippen LogP contribution < -0.4 is 20.5 Å². The molecular formula is C18H22F2IN3O2. The average Bonchev–Trinajstić information content (AvgIpc) is 2.52. The number of ether oxygens (including phenoxy) is 2. The van der Waals surface area contributed by atoms with Gasteiger partial charge in [-0.05, 0) is 55.3 Å². The van der Waals surface area contributed by atoms with Crippen LogP contribution in [-0.2, 0) is 6.54 Å². The fourth-order valence-corrected chi connectivity index (χ4v) is 2.42. The summed E-state index contributed by atoms with van der Waals surface area (Å²) < 4.78 is 34.6. The van der Waals surface area contributed by atoms with Crippen LogP contribution in [0.15, 0.2) is 41.4 Å². The summed E-state index contributed by atoms with van der Waals surface area (Å²) in [6, 6.07) is 10.5. The molecule has 0 fully saturated rings. The highest BCUT2D eigenvalue weighted by atomic mass is 127. The fraction of sp³-hybridized carbons (Fsp3) is 0.278. The summed E-state index contributed by atoms with van der Waals surface area (Å²) in [5.41, 5.74) is 9.34. The maximum Gasteiger partial charge on any atom is 0.387 e. The molecule has 142 valence electrons. The number of anilines is 1. The van der Waals surface area contributed by atoms with Gasteiger partial charge in [0.1, 0.15) is 11.5 Å². The highest BCUT2D eigenvalue weighted by Gasteiger charge is 2.11. The average molecular weight is 477 g/mol. The summed E-state index contributed by atoms with van der Waals surface area (Å²) in [6.07, 6.45) is 0. The Morgan fingerprint density at radius 3 is 2.38 bits per heavy atom. The SMILES string of the molecule is COc1ccc(OC(F)F)c(CN=C(N)Nc2cc(C)cc(C)c2)c1.I. The normalized spacial score (nSPS) is 11.1. The molecule has 0 atom stereocenters. The van der Waals surface area contributed by atoms with Crippen molar-refractivity contribution in [2.24, 2.45) is 10.7 Å². The van der Waals surface area contributed by atoms with Crippen molar-refractivity contribution in [2.75, 3.05) is 12.4 Å². The van der Waals surface area contributed by atoms with E-state index in [0.29, 0.717) is 11.3 Å². The molecule has 5 nitrogen and oxygen atoms in total. The molecule has 26 heavy (non-hydrogen) atoms. The van der Waals surface area contributed by atoms with Gasteiger partial charge in [-0.25, -0.2) is 4.99 Å². The van der Waals surface area contributed by atoms with Gasteiger partial charge in [-0.15, -0.1) is 24.0 Å². The summed E-state index contributed by atoms with van der Waals surface area (Å²) in [7, 11) is 1.49. The lowest BCUT2D eigenvalue weighted by Crippen LogP contribution is -2.22. The van der Waals surface area contributed by atoms with E-state index in [1.54, 1.807) is 12.1 Å². The number of aliphatic imine (C=N–C) groups is 1. The lowest BCUT2D eigenvalue weighted by atomic mass is 10.1. The van der Waals surface area contributed by atoms with E-state index in [0.717, 1.165) is 16.8 Å².